The monoisotopic (exact) mass is 522 g/mol. The van der Waals surface area contributed by atoms with Gasteiger partial charge < -0.3 is 19.7 Å². The van der Waals surface area contributed by atoms with Crippen LogP contribution in [0.4, 0.5) is 5.69 Å². The van der Waals surface area contributed by atoms with Gasteiger partial charge in [0.25, 0.3) is 5.91 Å². The van der Waals surface area contributed by atoms with Crippen molar-refractivity contribution in [2.45, 2.75) is 18.9 Å². The van der Waals surface area contributed by atoms with E-state index in [-0.39, 0.29) is 5.91 Å². The van der Waals surface area contributed by atoms with Gasteiger partial charge in [0.15, 0.2) is 0 Å². The third-order valence-corrected chi connectivity index (χ3v) is 8.46. The first-order chi connectivity index (χ1) is 19.0. The number of nitrogens with zero attached hydrogens (tertiary/aromatic N) is 5. The highest BCUT2D eigenvalue weighted by molar-refractivity contribution is 5.98. The number of H-pyrrole nitrogens is 1. The number of likely N-dealkylation sites (tertiary alicyclic amines) is 1. The summed E-state index contributed by atoms with van der Waals surface area (Å²) in [5, 5.41) is 1.08. The van der Waals surface area contributed by atoms with Crippen LogP contribution >= 0.6 is 0 Å². The number of piperazine rings is 1. The van der Waals surface area contributed by atoms with Crippen molar-refractivity contribution in [3.63, 3.8) is 0 Å². The molecule has 2 aromatic heterocycles. The first-order valence-corrected chi connectivity index (χ1v) is 14.0. The number of hydrogen-bond acceptors (Lipinski definition) is 5. The molecule has 0 atom stereocenters. The van der Waals surface area contributed by atoms with Gasteiger partial charge in [-0.25, -0.2) is 4.98 Å². The molecule has 0 unspecified atom stereocenters. The van der Waals surface area contributed by atoms with Gasteiger partial charge in [0.2, 0.25) is 0 Å². The molecule has 2 fully saturated rings. The summed E-state index contributed by atoms with van der Waals surface area (Å²) in [6.45, 7) is 6.92. The number of amides is 1. The van der Waals surface area contributed by atoms with Crippen LogP contribution in [0.25, 0.3) is 33.3 Å². The van der Waals surface area contributed by atoms with E-state index in [2.05, 4.69) is 57.1 Å². The molecule has 2 aliphatic heterocycles. The van der Waals surface area contributed by atoms with Gasteiger partial charge >= 0.3 is 0 Å². The average molecular weight is 523 g/mol. The molecule has 7 heteroatoms. The quantitative estimate of drug-likeness (QED) is 0.408. The first kappa shape index (κ1) is 25.6. The standard InChI is InChI=1S/C32H38N6O/c1-35(2)32(39)25-6-4-24(5-7-25)30-22-34-31-29(30)20-26(21-33-31)23-8-10-27(11-9-23)37-16-18-38(19-17-37)28-12-14-36(3)15-13-28/h4-11,20-22,28H,12-19H2,1-3H3,(H,33,34). The summed E-state index contributed by atoms with van der Waals surface area (Å²) in [7, 11) is 5.78. The lowest BCUT2D eigenvalue weighted by atomic mass is 10.0. The minimum atomic E-state index is 0.00649. The Labute approximate surface area is 231 Å². The van der Waals surface area contributed by atoms with Crippen molar-refractivity contribution in [2.24, 2.45) is 0 Å². The highest BCUT2D eigenvalue weighted by Crippen LogP contribution is 2.32. The molecule has 0 aliphatic carbocycles. The van der Waals surface area contributed by atoms with E-state index in [0.29, 0.717) is 5.56 Å². The molecule has 4 aromatic rings. The Bertz CT molecular complexity index is 1430. The van der Waals surface area contributed by atoms with Crippen LogP contribution in [-0.2, 0) is 0 Å². The first-order valence-electron chi connectivity index (χ1n) is 14.0. The third-order valence-electron chi connectivity index (χ3n) is 8.46. The molecule has 7 nitrogen and oxygen atoms in total. The lowest BCUT2D eigenvalue weighted by molar-refractivity contribution is 0.0827. The van der Waals surface area contributed by atoms with Crippen molar-refractivity contribution < 1.29 is 4.79 Å². The Morgan fingerprint density at radius 2 is 1.54 bits per heavy atom. The zero-order chi connectivity index (χ0) is 26.9. The van der Waals surface area contributed by atoms with E-state index in [1.807, 2.05) is 36.7 Å². The number of pyridine rings is 1. The number of nitrogens with one attached hydrogen (secondary N) is 1. The van der Waals surface area contributed by atoms with Gasteiger partial charge in [-0.2, -0.15) is 0 Å². The second-order valence-electron chi connectivity index (χ2n) is 11.2. The highest BCUT2D eigenvalue weighted by atomic mass is 16.2. The number of piperidine rings is 1. The normalized spacial score (nSPS) is 17.6. The molecule has 2 aromatic carbocycles. The van der Waals surface area contributed by atoms with Gasteiger partial charge in [0.05, 0.1) is 0 Å². The number of hydrogen-bond donors (Lipinski definition) is 1. The van der Waals surface area contributed by atoms with E-state index < -0.39 is 0 Å². The molecule has 39 heavy (non-hydrogen) atoms. The van der Waals surface area contributed by atoms with Crippen LogP contribution in [-0.4, -0.2) is 97.0 Å². The Hall–Kier alpha value is -3.68. The van der Waals surface area contributed by atoms with Gasteiger partial charge in [-0.1, -0.05) is 24.3 Å². The van der Waals surface area contributed by atoms with E-state index in [1.54, 1.807) is 19.0 Å². The van der Waals surface area contributed by atoms with E-state index in [9.17, 15) is 4.79 Å². The van der Waals surface area contributed by atoms with E-state index in [0.717, 1.165) is 65.5 Å². The van der Waals surface area contributed by atoms with Gasteiger partial charge in [0, 0.05) is 86.5 Å². The topological polar surface area (TPSA) is 58.7 Å². The number of carbonyl (C=O) groups excluding carboxylic acids is 1. The second-order valence-corrected chi connectivity index (χ2v) is 11.2. The van der Waals surface area contributed by atoms with Crippen LogP contribution in [0.2, 0.25) is 0 Å². The molecular weight excluding hydrogens is 484 g/mol. The summed E-state index contributed by atoms with van der Waals surface area (Å²) in [5.41, 5.74) is 7.25. The van der Waals surface area contributed by atoms with E-state index in [4.69, 9.17) is 4.98 Å². The van der Waals surface area contributed by atoms with Crippen molar-refractivity contribution >= 4 is 22.6 Å². The fourth-order valence-electron chi connectivity index (χ4n) is 6.02. The highest BCUT2D eigenvalue weighted by Gasteiger charge is 2.26. The minimum absolute atomic E-state index is 0.00649. The molecule has 4 heterocycles. The van der Waals surface area contributed by atoms with Crippen LogP contribution in [0, 0.1) is 0 Å². The number of anilines is 1. The van der Waals surface area contributed by atoms with Crippen molar-refractivity contribution in [3.8, 4) is 22.3 Å². The fraction of sp³-hybridized carbons (Fsp3) is 0.375. The lowest BCUT2D eigenvalue weighted by Gasteiger charge is -2.42. The lowest BCUT2D eigenvalue weighted by Crippen LogP contribution is -2.52. The number of fused-ring (bicyclic) bond motifs is 1. The van der Waals surface area contributed by atoms with Gasteiger partial charge in [0.1, 0.15) is 5.65 Å². The van der Waals surface area contributed by atoms with Crippen molar-refractivity contribution in [3.05, 3.63) is 72.6 Å². The molecule has 2 saturated heterocycles. The molecule has 2 aliphatic rings. The van der Waals surface area contributed by atoms with Crippen LogP contribution in [0.1, 0.15) is 23.2 Å². The number of aromatic amines is 1. The van der Waals surface area contributed by atoms with Crippen molar-refractivity contribution in [1.82, 2.24) is 24.7 Å². The third kappa shape index (κ3) is 5.29. The van der Waals surface area contributed by atoms with Crippen molar-refractivity contribution in [2.75, 3.05) is 65.3 Å². The summed E-state index contributed by atoms with van der Waals surface area (Å²) in [6, 6.07) is 19.7. The predicted molar refractivity (Wildman–Crippen MR) is 159 cm³/mol. The summed E-state index contributed by atoms with van der Waals surface area (Å²) in [6.07, 6.45) is 6.54. The summed E-state index contributed by atoms with van der Waals surface area (Å²) in [4.78, 5) is 29.6. The molecule has 0 bridgehead atoms. The van der Waals surface area contributed by atoms with Gasteiger partial charge in [-0.15, -0.1) is 0 Å². The van der Waals surface area contributed by atoms with Crippen LogP contribution in [0.15, 0.2) is 67.0 Å². The Balaban J connectivity index is 1.15. The molecule has 1 N–H and O–H groups in total. The zero-order valence-electron chi connectivity index (χ0n) is 23.2. The minimum Gasteiger partial charge on any atom is -0.369 e. The number of benzene rings is 2. The molecule has 1 amide bonds. The Morgan fingerprint density at radius 1 is 0.872 bits per heavy atom. The molecular formula is C32H38N6O. The molecule has 0 saturated carbocycles. The Kier molecular flexibility index (Phi) is 7.11. The van der Waals surface area contributed by atoms with E-state index in [1.165, 1.54) is 31.6 Å². The summed E-state index contributed by atoms with van der Waals surface area (Å²) in [5.74, 6) is 0.00649. The maximum Gasteiger partial charge on any atom is 0.253 e. The molecule has 202 valence electrons. The molecule has 0 spiro atoms. The predicted octanol–water partition coefficient (Wildman–Crippen LogP) is 4.81. The van der Waals surface area contributed by atoms with Crippen LogP contribution < -0.4 is 4.90 Å². The largest absolute Gasteiger partial charge is 0.369 e. The fourth-order valence-corrected chi connectivity index (χ4v) is 6.02. The number of rotatable bonds is 5. The van der Waals surface area contributed by atoms with E-state index >= 15 is 0 Å². The maximum atomic E-state index is 12.3. The zero-order valence-corrected chi connectivity index (χ0v) is 23.2. The molecule has 6 rings (SSSR count). The molecule has 0 radical (unpaired) electrons. The summed E-state index contributed by atoms with van der Waals surface area (Å²) < 4.78 is 0. The van der Waals surface area contributed by atoms with Gasteiger partial charge in [-0.05, 0) is 74.4 Å². The van der Waals surface area contributed by atoms with Crippen LogP contribution in [0.3, 0.4) is 0 Å². The summed E-state index contributed by atoms with van der Waals surface area (Å²) >= 11 is 0. The maximum absolute atomic E-state index is 12.3. The van der Waals surface area contributed by atoms with Crippen molar-refractivity contribution in [1.29, 1.82) is 0 Å². The number of carbonyl (C=O) groups is 1. The van der Waals surface area contributed by atoms with Gasteiger partial charge in [-0.3, -0.25) is 9.69 Å². The SMILES string of the molecule is CN1CCC(N2CCN(c3ccc(-c4cnc5[nH]cc(-c6ccc(C(=O)N(C)C)cc6)c5c4)cc3)CC2)CC1. The second kappa shape index (κ2) is 10.8. The average Bonchev–Trinajstić information content (AvgIpc) is 3.41. The Morgan fingerprint density at radius 3 is 2.21 bits per heavy atom. The smallest absolute Gasteiger partial charge is 0.253 e. The van der Waals surface area contributed by atoms with Crippen LogP contribution in [0.5, 0.6) is 0 Å². The number of aromatic nitrogens is 2.